The van der Waals surface area contributed by atoms with Crippen molar-refractivity contribution in [3.05, 3.63) is 42.6 Å². The monoisotopic (exact) mass is 351 g/mol. The number of hydrogen-bond donors (Lipinski definition) is 0. The number of halogens is 3. The molecule has 7 nitrogen and oxygen atoms in total. The van der Waals surface area contributed by atoms with E-state index < -0.39 is 11.9 Å². The maximum Gasteiger partial charge on any atom is 0.433 e. The zero-order chi connectivity index (χ0) is 18.0. The van der Waals surface area contributed by atoms with E-state index in [1.165, 1.54) is 32.9 Å². The van der Waals surface area contributed by atoms with Crippen molar-refractivity contribution in [1.29, 1.82) is 0 Å². The van der Waals surface area contributed by atoms with Crippen molar-refractivity contribution in [1.82, 2.24) is 24.7 Å². The summed E-state index contributed by atoms with van der Waals surface area (Å²) >= 11 is 0. The molecule has 0 saturated heterocycles. The lowest BCUT2D eigenvalue weighted by atomic mass is 10.1. The first-order chi connectivity index (χ1) is 11.9. The predicted octanol–water partition coefficient (Wildman–Crippen LogP) is 2.76. The first-order valence-corrected chi connectivity index (χ1v) is 6.96. The third-order valence-electron chi connectivity index (χ3n) is 3.31. The maximum atomic E-state index is 13.2. The van der Waals surface area contributed by atoms with Gasteiger partial charge in [0, 0.05) is 5.56 Å². The van der Waals surface area contributed by atoms with Crippen molar-refractivity contribution in [3.8, 4) is 28.7 Å². The van der Waals surface area contributed by atoms with Gasteiger partial charge in [0.2, 0.25) is 0 Å². The molecule has 0 N–H and O–H groups in total. The topological polar surface area (TPSA) is 75.0 Å². The van der Waals surface area contributed by atoms with Gasteiger partial charge in [0.15, 0.2) is 17.2 Å². The number of alkyl halides is 3. The fourth-order valence-electron chi connectivity index (χ4n) is 2.14. The van der Waals surface area contributed by atoms with Crippen LogP contribution in [0.5, 0.6) is 11.5 Å². The molecule has 0 bridgehead atoms. The van der Waals surface area contributed by atoms with E-state index in [1.54, 1.807) is 12.1 Å². The average molecular weight is 351 g/mol. The molecule has 2 aromatic heterocycles. The number of aromatic nitrogens is 5. The second-order valence-electron chi connectivity index (χ2n) is 4.85. The highest BCUT2D eigenvalue weighted by Gasteiger charge is 2.34. The van der Waals surface area contributed by atoms with Gasteiger partial charge in [-0.2, -0.15) is 23.0 Å². The Bertz CT molecular complexity index is 881. The number of rotatable bonds is 4. The molecule has 0 unspecified atom stereocenters. The van der Waals surface area contributed by atoms with Crippen LogP contribution >= 0.6 is 0 Å². The number of methoxy groups -OCH3 is 2. The molecule has 0 amide bonds. The summed E-state index contributed by atoms with van der Waals surface area (Å²) in [6.07, 6.45) is -2.24. The molecule has 0 aliphatic rings. The smallest absolute Gasteiger partial charge is 0.433 e. The molecule has 2 heterocycles. The molecule has 0 fully saturated rings. The van der Waals surface area contributed by atoms with Crippen LogP contribution in [0.3, 0.4) is 0 Å². The van der Waals surface area contributed by atoms with Gasteiger partial charge in [-0.1, -0.05) is 0 Å². The number of benzene rings is 1. The highest BCUT2D eigenvalue weighted by molar-refractivity contribution is 5.64. The van der Waals surface area contributed by atoms with Gasteiger partial charge < -0.3 is 9.47 Å². The molecule has 10 heteroatoms. The molecule has 1 aromatic carbocycles. The Balaban J connectivity index is 2.17. The van der Waals surface area contributed by atoms with Crippen molar-refractivity contribution in [2.45, 2.75) is 6.18 Å². The van der Waals surface area contributed by atoms with Crippen LogP contribution in [0.25, 0.3) is 17.2 Å². The summed E-state index contributed by atoms with van der Waals surface area (Å²) in [4.78, 5) is 11.4. The highest BCUT2D eigenvalue weighted by atomic mass is 19.4. The molecular weight excluding hydrogens is 339 g/mol. The van der Waals surface area contributed by atoms with Gasteiger partial charge in [-0.3, -0.25) is 0 Å². The molecule has 0 aliphatic carbocycles. The Morgan fingerprint density at radius 1 is 1.00 bits per heavy atom. The third kappa shape index (κ3) is 3.37. The standard InChI is InChI=1S/C15H12F3N5O2/c1-24-11-4-3-9(5-12(11)25-2)10-6-13(15(16,17)18)22-14(21-10)23-8-19-7-20-23/h3-8H,1-2H3. The second-order valence-corrected chi connectivity index (χ2v) is 4.85. The summed E-state index contributed by atoms with van der Waals surface area (Å²) in [5.74, 6) is 0.583. The molecule has 0 atom stereocenters. The van der Waals surface area contributed by atoms with Crippen molar-refractivity contribution >= 4 is 0 Å². The van der Waals surface area contributed by atoms with Gasteiger partial charge >= 0.3 is 6.18 Å². The Morgan fingerprint density at radius 3 is 2.36 bits per heavy atom. The van der Waals surface area contributed by atoms with Gasteiger partial charge in [0.05, 0.1) is 19.9 Å². The van der Waals surface area contributed by atoms with Crippen LogP contribution in [0.15, 0.2) is 36.9 Å². The lowest BCUT2D eigenvalue weighted by Gasteiger charge is -2.12. The molecule has 3 rings (SSSR count). The Hall–Kier alpha value is -3.17. The number of hydrogen-bond acceptors (Lipinski definition) is 6. The van der Waals surface area contributed by atoms with Crippen molar-refractivity contribution in [2.24, 2.45) is 0 Å². The Morgan fingerprint density at radius 2 is 1.76 bits per heavy atom. The normalized spacial score (nSPS) is 11.4. The van der Waals surface area contributed by atoms with Crippen LogP contribution in [0, 0.1) is 0 Å². The zero-order valence-corrected chi connectivity index (χ0v) is 13.2. The van der Waals surface area contributed by atoms with Crippen molar-refractivity contribution in [2.75, 3.05) is 14.2 Å². The summed E-state index contributed by atoms with van der Waals surface area (Å²) < 4.78 is 50.9. The van der Waals surface area contributed by atoms with Crippen molar-refractivity contribution in [3.63, 3.8) is 0 Å². The van der Waals surface area contributed by atoms with E-state index >= 15 is 0 Å². The van der Waals surface area contributed by atoms with Gasteiger partial charge in [0.1, 0.15) is 12.7 Å². The summed E-state index contributed by atoms with van der Waals surface area (Å²) in [5, 5.41) is 3.77. The van der Waals surface area contributed by atoms with Gasteiger partial charge in [0.25, 0.3) is 5.95 Å². The minimum atomic E-state index is -4.64. The van der Waals surface area contributed by atoms with E-state index in [-0.39, 0.29) is 11.6 Å². The van der Waals surface area contributed by atoms with Crippen LogP contribution in [0.2, 0.25) is 0 Å². The number of nitrogens with zero attached hydrogens (tertiary/aromatic N) is 5. The molecule has 0 radical (unpaired) electrons. The largest absolute Gasteiger partial charge is 0.493 e. The van der Waals surface area contributed by atoms with Crippen LogP contribution in [-0.2, 0) is 6.18 Å². The highest BCUT2D eigenvalue weighted by Crippen LogP contribution is 2.34. The van der Waals surface area contributed by atoms with Crippen LogP contribution < -0.4 is 9.47 Å². The van der Waals surface area contributed by atoms with Gasteiger partial charge in [-0.05, 0) is 24.3 Å². The Kier molecular flexibility index (Phi) is 4.26. The SMILES string of the molecule is COc1ccc(-c2cc(C(F)(F)F)nc(-n3cncn3)n2)cc1OC. The van der Waals surface area contributed by atoms with E-state index in [0.717, 1.165) is 10.7 Å². The molecule has 0 spiro atoms. The first-order valence-electron chi connectivity index (χ1n) is 6.96. The fraction of sp³-hybridized carbons (Fsp3) is 0.200. The summed E-state index contributed by atoms with van der Waals surface area (Å²) in [6.45, 7) is 0. The van der Waals surface area contributed by atoms with Crippen LogP contribution in [0.1, 0.15) is 5.69 Å². The van der Waals surface area contributed by atoms with E-state index in [1.807, 2.05) is 0 Å². The lowest BCUT2D eigenvalue weighted by molar-refractivity contribution is -0.141. The van der Waals surface area contributed by atoms with E-state index in [0.29, 0.717) is 17.1 Å². The van der Waals surface area contributed by atoms with E-state index in [9.17, 15) is 13.2 Å². The quantitative estimate of drug-likeness (QED) is 0.720. The third-order valence-corrected chi connectivity index (χ3v) is 3.31. The van der Waals surface area contributed by atoms with Crippen molar-refractivity contribution < 1.29 is 22.6 Å². The summed E-state index contributed by atoms with van der Waals surface area (Å²) in [5.41, 5.74) is -0.613. The molecule has 130 valence electrons. The second kappa shape index (κ2) is 6.38. The average Bonchev–Trinajstić information content (AvgIpc) is 3.14. The summed E-state index contributed by atoms with van der Waals surface area (Å²) in [7, 11) is 2.90. The molecule has 3 aromatic rings. The number of ether oxygens (including phenoxy) is 2. The van der Waals surface area contributed by atoms with E-state index in [4.69, 9.17) is 9.47 Å². The zero-order valence-electron chi connectivity index (χ0n) is 13.2. The Labute approximate surface area is 140 Å². The van der Waals surface area contributed by atoms with Crippen LogP contribution in [0.4, 0.5) is 13.2 Å². The minimum absolute atomic E-state index is 0.0637. The molecule has 25 heavy (non-hydrogen) atoms. The van der Waals surface area contributed by atoms with Crippen LogP contribution in [-0.4, -0.2) is 39.0 Å². The molecular formula is C15H12F3N5O2. The molecule has 0 saturated carbocycles. The summed E-state index contributed by atoms with van der Waals surface area (Å²) in [6, 6.07) is 5.56. The predicted molar refractivity (Wildman–Crippen MR) is 80.5 cm³/mol. The van der Waals surface area contributed by atoms with Gasteiger partial charge in [-0.15, -0.1) is 0 Å². The minimum Gasteiger partial charge on any atom is -0.493 e. The van der Waals surface area contributed by atoms with Gasteiger partial charge in [-0.25, -0.2) is 15.0 Å². The molecule has 0 aliphatic heterocycles. The maximum absolute atomic E-state index is 13.2. The first kappa shape index (κ1) is 16.7. The lowest BCUT2D eigenvalue weighted by Crippen LogP contribution is -2.13. The van der Waals surface area contributed by atoms with E-state index in [2.05, 4.69) is 20.1 Å². The fourth-order valence-corrected chi connectivity index (χ4v) is 2.14.